The van der Waals surface area contributed by atoms with Gasteiger partial charge in [-0.2, -0.15) is 0 Å². The molecular weight excluding hydrogens is 308 g/mol. The highest BCUT2D eigenvalue weighted by atomic mass is 79.9. The number of hydrogen-bond acceptors (Lipinski definition) is 0. The summed E-state index contributed by atoms with van der Waals surface area (Å²) in [7, 11) is 0. The van der Waals surface area contributed by atoms with Gasteiger partial charge in [-0.05, 0) is 51.1 Å². The van der Waals surface area contributed by atoms with E-state index in [-0.39, 0.29) is 0 Å². The van der Waals surface area contributed by atoms with Crippen molar-refractivity contribution < 1.29 is 0 Å². The molecule has 20 heavy (non-hydrogen) atoms. The molecule has 0 aliphatic heterocycles. The van der Waals surface area contributed by atoms with E-state index in [1.165, 1.54) is 49.5 Å². The maximum absolute atomic E-state index is 3.79. The summed E-state index contributed by atoms with van der Waals surface area (Å²) in [4.78, 5) is 0. The minimum Gasteiger partial charge on any atom is -0.0651 e. The molecule has 98 valence electrons. The molecule has 1 aliphatic carbocycles. The molecule has 3 aromatic rings. The van der Waals surface area contributed by atoms with E-state index in [1.807, 2.05) is 0 Å². The summed E-state index contributed by atoms with van der Waals surface area (Å²) >= 11 is 3.79. The van der Waals surface area contributed by atoms with E-state index in [9.17, 15) is 0 Å². The van der Waals surface area contributed by atoms with Crippen LogP contribution in [-0.2, 0) is 6.42 Å². The number of aryl methyl sites for hydroxylation is 1. The van der Waals surface area contributed by atoms with Gasteiger partial charge in [0.15, 0.2) is 0 Å². The quantitative estimate of drug-likeness (QED) is 0.412. The Balaban J connectivity index is 2.17. The van der Waals surface area contributed by atoms with Gasteiger partial charge in [-0.15, -0.1) is 0 Å². The second-order valence-electron chi connectivity index (χ2n) is 5.41. The second-order valence-corrected chi connectivity index (χ2v) is 6.26. The smallest absolute Gasteiger partial charge is 0.0219 e. The highest BCUT2D eigenvalue weighted by Crippen LogP contribution is 2.49. The molecule has 0 spiro atoms. The molecule has 0 saturated carbocycles. The molecule has 0 atom stereocenters. The maximum atomic E-state index is 3.79. The van der Waals surface area contributed by atoms with Crippen LogP contribution in [0, 0.1) is 0 Å². The third-order valence-electron chi connectivity index (χ3n) is 4.23. The minimum absolute atomic E-state index is 1.12. The lowest BCUT2D eigenvalue weighted by molar-refractivity contribution is 0.925. The molecule has 0 heterocycles. The Morgan fingerprint density at radius 1 is 0.850 bits per heavy atom. The molecular formula is C19H15Br. The summed E-state index contributed by atoms with van der Waals surface area (Å²) in [6.45, 7) is 2.24. The Bertz CT molecular complexity index is 831. The van der Waals surface area contributed by atoms with Crippen molar-refractivity contribution in [2.75, 3.05) is 0 Å². The third-order valence-corrected chi connectivity index (χ3v) is 4.93. The van der Waals surface area contributed by atoms with Crippen molar-refractivity contribution in [2.45, 2.75) is 19.8 Å². The molecule has 0 radical (unpaired) electrons. The monoisotopic (exact) mass is 322 g/mol. The molecule has 0 fully saturated rings. The highest BCUT2D eigenvalue weighted by molar-refractivity contribution is 9.10. The molecule has 0 saturated heterocycles. The molecule has 3 aromatic carbocycles. The van der Waals surface area contributed by atoms with Crippen LogP contribution in [0.2, 0.25) is 0 Å². The van der Waals surface area contributed by atoms with E-state index in [2.05, 4.69) is 71.4 Å². The molecule has 0 N–H and O–H groups in total. The van der Waals surface area contributed by atoms with Crippen LogP contribution in [0.3, 0.4) is 0 Å². The van der Waals surface area contributed by atoms with Crippen LogP contribution in [0.5, 0.6) is 0 Å². The fourth-order valence-electron chi connectivity index (χ4n) is 3.40. The number of halogens is 1. The Morgan fingerprint density at radius 2 is 1.55 bits per heavy atom. The van der Waals surface area contributed by atoms with Crippen molar-refractivity contribution in [3.05, 3.63) is 58.6 Å². The average molecular weight is 323 g/mol. The fraction of sp³-hybridized carbons (Fsp3) is 0.158. The Morgan fingerprint density at radius 3 is 2.30 bits per heavy atom. The fourth-order valence-corrected chi connectivity index (χ4v) is 4.04. The molecule has 0 nitrogen and oxygen atoms in total. The van der Waals surface area contributed by atoms with Crippen LogP contribution in [0.25, 0.3) is 33.0 Å². The first-order chi connectivity index (χ1) is 9.81. The minimum atomic E-state index is 1.12. The van der Waals surface area contributed by atoms with Gasteiger partial charge < -0.3 is 0 Å². The molecule has 0 bridgehead atoms. The van der Waals surface area contributed by atoms with Gasteiger partial charge in [-0.3, -0.25) is 0 Å². The van der Waals surface area contributed by atoms with Crippen molar-refractivity contribution in [1.29, 1.82) is 0 Å². The van der Waals surface area contributed by atoms with Gasteiger partial charge in [-0.25, -0.2) is 0 Å². The van der Waals surface area contributed by atoms with E-state index >= 15 is 0 Å². The van der Waals surface area contributed by atoms with Gasteiger partial charge >= 0.3 is 0 Å². The van der Waals surface area contributed by atoms with Crippen molar-refractivity contribution in [3.63, 3.8) is 0 Å². The number of rotatable bonds is 2. The number of fused-ring (bicyclic) bond motifs is 3. The largest absolute Gasteiger partial charge is 0.0651 e. The van der Waals surface area contributed by atoms with E-state index in [4.69, 9.17) is 0 Å². The summed E-state index contributed by atoms with van der Waals surface area (Å²) in [5.41, 5.74) is 6.94. The summed E-state index contributed by atoms with van der Waals surface area (Å²) in [6.07, 6.45) is 2.29. The van der Waals surface area contributed by atoms with Crippen LogP contribution in [0.1, 0.15) is 18.9 Å². The lowest BCUT2D eigenvalue weighted by Crippen LogP contribution is -1.89. The molecule has 0 unspecified atom stereocenters. The van der Waals surface area contributed by atoms with Crippen LogP contribution >= 0.6 is 15.9 Å². The van der Waals surface area contributed by atoms with E-state index in [1.54, 1.807) is 0 Å². The standard InChI is InChI=1S/C19H15Br/c1-2-6-14-16-10-5-9-15-12-7-3-4-8-13(12)17(19(15)16)11-18(14)20/h3-5,7-11H,2,6H2,1H3. The topological polar surface area (TPSA) is 0 Å². The highest BCUT2D eigenvalue weighted by Gasteiger charge is 2.22. The van der Waals surface area contributed by atoms with Crippen molar-refractivity contribution in [3.8, 4) is 22.3 Å². The van der Waals surface area contributed by atoms with Crippen LogP contribution in [-0.4, -0.2) is 0 Å². The van der Waals surface area contributed by atoms with Gasteiger partial charge in [0.2, 0.25) is 0 Å². The van der Waals surface area contributed by atoms with E-state index in [0.29, 0.717) is 0 Å². The summed E-state index contributed by atoms with van der Waals surface area (Å²) in [6, 6.07) is 17.7. The Hall–Kier alpha value is -1.60. The zero-order valence-electron chi connectivity index (χ0n) is 11.4. The number of hydrogen-bond donors (Lipinski definition) is 0. The van der Waals surface area contributed by atoms with Crippen molar-refractivity contribution >= 4 is 26.7 Å². The lowest BCUT2D eigenvalue weighted by atomic mass is 9.96. The normalized spacial score (nSPS) is 11.9. The second kappa shape index (κ2) is 4.46. The first-order valence-corrected chi connectivity index (χ1v) is 7.94. The van der Waals surface area contributed by atoms with Crippen molar-refractivity contribution in [2.24, 2.45) is 0 Å². The molecule has 1 aliphatic rings. The summed E-state index contributed by atoms with van der Waals surface area (Å²) in [5.74, 6) is 0. The van der Waals surface area contributed by atoms with Crippen molar-refractivity contribution in [1.82, 2.24) is 0 Å². The van der Waals surface area contributed by atoms with E-state index in [0.717, 1.165) is 6.42 Å². The maximum Gasteiger partial charge on any atom is 0.0219 e. The Labute approximate surface area is 127 Å². The average Bonchev–Trinajstić information content (AvgIpc) is 2.79. The predicted octanol–water partition coefficient (Wildman–Crippen LogP) is 6.20. The van der Waals surface area contributed by atoms with Gasteiger partial charge in [0.1, 0.15) is 0 Å². The molecule has 1 heteroatoms. The molecule has 0 aromatic heterocycles. The van der Waals surface area contributed by atoms with Gasteiger partial charge in [-0.1, -0.05) is 71.7 Å². The zero-order chi connectivity index (χ0) is 13.7. The van der Waals surface area contributed by atoms with Gasteiger partial charge in [0.25, 0.3) is 0 Å². The van der Waals surface area contributed by atoms with Crippen LogP contribution in [0.15, 0.2) is 53.0 Å². The third kappa shape index (κ3) is 1.53. The van der Waals surface area contributed by atoms with Crippen LogP contribution < -0.4 is 0 Å². The zero-order valence-corrected chi connectivity index (χ0v) is 13.0. The van der Waals surface area contributed by atoms with E-state index < -0.39 is 0 Å². The first kappa shape index (κ1) is 12.2. The summed E-state index contributed by atoms with van der Waals surface area (Å²) < 4.78 is 1.25. The predicted molar refractivity (Wildman–Crippen MR) is 90.1 cm³/mol. The number of benzene rings is 3. The summed E-state index contributed by atoms with van der Waals surface area (Å²) in [5, 5.41) is 2.84. The molecule has 0 amide bonds. The SMILES string of the molecule is CCCc1c(Br)cc2c3c(cccc13)-c1ccccc1-2. The first-order valence-electron chi connectivity index (χ1n) is 7.15. The van der Waals surface area contributed by atoms with Gasteiger partial charge in [0.05, 0.1) is 0 Å². The molecule has 4 rings (SSSR count). The van der Waals surface area contributed by atoms with Gasteiger partial charge in [0, 0.05) is 4.47 Å². The Kier molecular flexibility index (Phi) is 2.71. The van der Waals surface area contributed by atoms with Crippen LogP contribution in [0.4, 0.5) is 0 Å². The lowest BCUT2D eigenvalue weighted by Gasteiger charge is -2.11.